The van der Waals surface area contributed by atoms with Crippen LogP contribution >= 0.6 is 0 Å². The first-order valence-electron chi connectivity index (χ1n) is 7.39. The quantitative estimate of drug-likeness (QED) is 0.629. The van der Waals surface area contributed by atoms with Gasteiger partial charge in [0.1, 0.15) is 5.82 Å². The average molecular weight is 363 g/mol. The van der Waals surface area contributed by atoms with Gasteiger partial charge in [0.2, 0.25) is 10.0 Å². The van der Waals surface area contributed by atoms with E-state index in [2.05, 4.69) is 10.5 Å². The fourth-order valence-electron chi connectivity index (χ4n) is 1.98. The number of amides is 1. The van der Waals surface area contributed by atoms with Crippen molar-refractivity contribution >= 4 is 22.1 Å². The smallest absolute Gasteiger partial charge is 0.255 e. The first kappa shape index (κ1) is 18.8. The number of carbonyl (C=O) groups excluding carboxylic acids is 1. The maximum atomic E-state index is 13.0. The average Bonchev–Trinajstić information content (AvgIpc) is 2.55. The SMILES string of the molecule is Cc1ccc(S(=O)(=O)N(C)CC(=O)N/N=C\c2cccc(F)c2)cc1. The van der Waals surface area contributed by atoms with Gasteiger partial charge in [0.15, 0.2) is 0 Å². The Labute approximate surface area is 146 Å². The van der Waals surface area contributed by atoms with E-state index in [4.69, 9.17) is 0 Å². The number of benzene rings is 2. The van der Waals surface area contributed by atoms with E-state index in [-0.39, 0.29) is 4.90 Å². The Balaban J connectivity index is 1.96. The van der Waals surface area contributed by atoms with Gasteiger partial charge in [-0.1, -0.05) is 29.8 Å². The van der Waals surface area contributed by atoms with E-state index in [0.29, 0.717) is 5.56 Å². The van der Waals surface area contributed by atoms with Crippen molar-refractivity contribution in [2.45, 2.75) is 11.8 Å². The van der Waals surface area contributed by atoms with Crippen LogP contribution in [0.3, 0.4) is 0 Å². The first-order chi connectivity index (χ1) is 11.8. The lowest BCUT2D eigenvalue weighted by Gasteiger charge is -2.16. The molecular formula is C17H18FN3O3S. The van der Waals surface area contributed by atoms with Crippen LogP contribution in [0, 0.1) is 12.7 Å². The molecule has 2 aromatic rings. The molecule has 1 amide bonds. The summed E-state index contributed by atoms with van der Waals surface area (Å²) in [4.78, 5) is 11.9. The highest BCUT2D eigenvalue weighted by Crippen LogP contribution is 2.14. The molecule has 2 aromatic carbocycles. The van der Waals surface area contributed by atoms with E-state index in [0.717, 1.165) is 9.87 Å². The molecule has 1 N–H and O–H groups in total. The molecule has 0 heterocycles. The molecular weight excluding hydrogens is 345 g/mol. The number of nitrogens with one attached hydrogen (secondary N) is 1. The maximum absolute atomic E-state index is 13.0. The molecule has 0 spiro atoms. The third-order valence-electron chi connectivity index (χ3n) is 3.35. The zero-order valence-corrected chi connectivity index (χ0v) is 14.6. The van der Waals surface area contributed by atoms with Gasteiger partial charge in [0, 0.05) is 7.05 Å². The molecule has 8 heteroatoms. The van der Waals surface area contributed by atoms with Crippen molar-refractivity contribution in [2.75, 3.05) is 13.6 Å². The molecule has 0 radical (unpaired) electrons. The van der Waals surface area contributed by atoms with E-state index in [1.54, 1.807) is 18.2 Å². The Kier molecular flexibility index (Phi) is 6.00. The Hall–Kier alpha value is -2.58. The summed E-state index contributed by atoms with van der Waals surface area (Å²) in [5.74, 6) is -1.02. The summed E-state index contributed by atoms with van der Waals surface area (Å²) in [6.07, 6.45) is 1.27. The number of halogens is 1. The third kappa shape index (κ3) is 5.20. The van der Waals surface area contributed by atoms with E-state index in [1.807, 2.05) is 6.92 Å². The summed E-state index contributed by atoms with van der Waals surface area (Å²) in [5, 5.41) is 3.69. The van der Waals surface area contributed by atoms with Crippen LogP contribution in [-0.4, -0.2) is 38.4 Å². The van der Waals surface area contributed by atoms with Crippen molar-refractivity contribution in [3.63, 3.8) is 0 Å². The molecule has 2 rings (SSSR count). The van der Waals surface area contributed by atoms with Crippen molar-refractivity contribution in [3.05, 3.63) is 65.5 Å². The lowest BCUT2D eigenvalue weighted by molar-refractivity contribution is -0.121. The Morgan fingerprint density at radius 3 is 2.56 bits per heavy atom. The second kappa shape index (κ2) is 8.00. The molecule has 0 aliphatic heterocycles. The van der Waals surface area contributed by atoms with Gasteiger partial charge in [-0.05, 0) is 36.8 Å². The van der Waals surface area contributed by atoms with Crippen LogP contribution < -0.4 is 5.43 Å². The van der Waals surface area contributed by atoms with Gasteiger partial charge in [0.25, 0.3) is 5.91 Å². The maximum Gasteiger partial charge on any atom is 0.255 e. The fourth-order valence-corrected chi connectivity index (χ4v) is 3.11. The summed E-state index contributed by atoms with van der Waals surface area (Å²) in [6.45, 7) is 1.46. The van der Waals surface area contributed by atoms with Crippen molar-refractivity contribution in [1.29, 1.82) is 0 Å². The lowest BCUT2D eigenvalue weighted by Crippen LogP contribution is -2.36. The van der Waals surface area contributed by atoms with Crippen LogP contribution in [0.4, 0.5) is 4.39 Å². The van der Waals surface area contributed by atoms with Gasteiger partial charge in [-0.3, -0.25) is 4.79 Å². The number of rotatable bonds is 6. The standard InChI is InChI=1S/C17H18FN3O3S/c1-13-6-8-16(9-7-13)25(23,24)21(2)12-17(22)20-19-11-14-4-3-5-15(18)10-14/h3-11H,12H2,1-2H3,(H,20,22)/b19-11-. The minimum absolute atomic E-state index is 0.108. The molecule has 0 aromatic heterocycles. The number of hydrogen-bond donors (Lipinski definition) is 1. The molecule has 0 saturated heterocycles. The lowest BCUT2D eigenvalue weighted by atomic mass is 10.2. The van der Waals surface area contributed by atoms with Crippen molar-refractivity contribution in [2.24, 2.45) is 5.10 Å². The normalized spacial score (nSPS) is 11.8. The summed E-state index contributed by atoms with van der Waals surface area (Å²) in [7, 11) is -2.45. The predicted molar refractivity (Wildman–Crippen MR) is 93.1 cm³/mol. The van der Waals surface area contributed by atoms with Crippen molar-refractivity contribution < 1.29 is 17.6 Å². The van der Waals surface area contributed by atoms with Gasteiger partial charge in [0.05, 0.1) is 17.7 Å². The van der Waals surface area contributed by atoms with Crippen molar-refractivity contribution in [1.82, 2.24) is 9.73 Å². The molecule has 0 unspecified atom stereocenters. The van der Waals surface area contributed by atoms with E-state index >= 15 is 0 Å². The summed E-state index contributed by atoms with van der Waals surface area (Å²) in [6, 6.07) is 12.0. The molecule has 25 heavy (non-hydrogen) atoms. The summed E-state index contributed by atoms with van der Waals surface area (Å²) < 4.78 is 38.7. The van der Waals surface area contributed by atoms with Crippen molar-refractivity contribution in [3.8, 4) is 0 Å². The number of likely N-dealkylation sites (N-methyl/N-ethyl adjacent to an activating group) is 1. The molecule has 0 aliphatic carbocycles. The van der Waals surface area contributed by atoms with Crippen LogP contribution in [0.25, 0.3) is 0 Å². The zero-order chi connectivity index (χ0) is 18.4. The van der Waals surface area contributed by atoms with Crippen LogP contribution in [0.2, 0.25) is 0 Å². The second-order valence-corrected chi connectivity index (χ2v) is 7.47. The molecule has 132 valence electrons. The topological polar surface area (TPSA) is 78.8 Å². The molecule has 0 atom stereocenters. The largest absolute Gasteiger partial charge is 0.272 e. The molecule has 6 nitrogen and oxygen atoms in total. The minimum atomic E-state index is -3.76. The van der Waals surface area contributed by atoms with Gasteiger partial charge < -0.3 is 0 Å². The molecule has 0 saturated carbocycles. The number of sulfonamides is 1. The first-order valence-corrected chi connectivity index (χ1v) is 8.83. The summed E-state index contributed by atoms with van der Waals surface area (Å²) >= 11 is 0. The van der Waals surface area contributed by atoms with Gasteiger partial charge in [-0.15, -0.1) is 0 Å². The molecule has 0 aliphatic rings. The van der Waals surface area contributed by atoms with Gasteiger partial charge >= 0.3 is 0 Å². The van der Waals surface area contributed by atoms with E-state index < -0.39 is 28.3 Å². The monoisotopic (exact) mass is 363 g/mol. The van der Waals surface area contributed by atoms with Gasteiger partial charge in [-0.2, -0.15) is 9.41 Å². The number of aryl methyl sites for hydroxylation is 1. The fraction of sp³-hybridized carbons (Fsp3) is 0.176. The molecule has 0 bridgehead atoms. The highest BCUT2D eigenvalue weighted by molar-refractivity contribution is 7.89. The van der Waals surface area contributed by atoms with Crippen LogP contribution in [0.5, 0.6) is 0 Å². The number of hydrazone groups is 1. The zero-order valence-electron chi connectivity index (χ0n) is 13.8. The highest BCUT2D eigenvalue weighted by Gasteiger charge is 2.22. The van der Waals surface area contributed by atoms with Crippen LogP contribution in [0.1, 0.15) is 11.1 Å². The third-order valence-corrected chi connectivity index (χ3v) is 5.16. The van der Waals surface area contributed by atoms with Crippen LogP contribution in [-0.2, 0) is 14.8 Å². The molecule has 0 fully saturated rings. The number of hydrogen-bond acceptors (Lipinski definition) is 4. The minimum Gasteiger partial charge on any atom is -0.272 e. The predicted octanol–water partition coefficient (Wildman–Crippen LogP) is 1.90. The Morgan fingerprint density at radius 1 is 1.24 bits per heavy atom. The highest BCUT2D eigenvalue weighted by atomic mass is 32.2. The van der Waals surface area contributed by atoms with Gasteiger partial charge in [-0.25, -0.2) is 18.2 Å². The Bertz CT molecular complexity index is 880. The van der Waals surface area contributed by atoms with E-state index in [9.17, 15) is 17.6 Å². The van der Waals surface area contributed by atoms with Crippen LogP contribution in [0.15, 0.2) is 58.5 Å². The summed E-state index contributed by atoms with van der Waals surface area (Å²) in [5.41, 5.74) is 3.63. The Morgan fingerprint density at radius 2 is 1.92 bits per heavy atom. The number of nitrogens with zero attached hydrogens (tertiary/aromatic N) is 2. The van der Waals surface area contributed by atoms with E-state index in [1.165, 1.54) is 43.6 Å². The second-order valence-electron chi connectivity index (χ2n) is 5.42. The number of carbonyl (C=O) groups is 1.